The van der Waals surface area contributed by atoms with Crippen LogP contribution >= 0.6 is 0 Å². The van der Waals surface area contributed by atoms with Crippen molar-refractivity contribution in [2.75, 3.05) is 31.7 Å². The van der Waals surface area contributed by atoms with Crippen molar-refractivity contribution in [3.8, 4) is 0 Å². The van der Waals surface area contributed by atoms with Gasteiger partial charge >= 0.3 is 0 Å². The zero-order chi connectivity index (χ0) is 15.3. The fourth-order valence-corrected chi connectivity index (χ4v) is 3.13. The van der Waals surface area contributed by atoms with Crippen molar-refractivity contribution in [1.82, 2.24) is 4.72 Å². The van der Waals surface area contributed by atoms with Crippen molar-refractivity contribution in [2.24, 2.45) is 0 Å². The highest BCUT2D eigenvalue weighted by molar-refractivity contribution is 7.89. The Kier molecular flexibility index (Phi) is 5.29. The number of sulfonamides is 1. The molecule has 1 aliphatic rings. The van der Waals surface area contributed by atoms with Gasteiger partial charge in [0.25, 0.3) is 0 Å². The average molecular weight is 314 g/mol. The summed E-state index contributed by atoms with van der Waals surface area (Å²) < 4.78 is 31.7. The number of rotatable bonds is 8. The lowest BCUT2D eigenvalue weighted by molar-refractivity contribution is -0.115. The number of carbonyl (C=O) groups is 1. The van der Waals surface area contributed by atoms with Gasteiger partial charge in [-0.15, -0.1) is 0 Å². The molecule has 1 heterocycles. The molecule has 21 heavy (non-hydrogen) atoms. The molecule has 0 saturated carbocycles. The fraction of sp³-hybridized carbons (Fsp3) is 0.462. The second-order valence-corrected chi connectivity index (χ2v) is 6.40. The summed E-state index contributed by atoms with van der Waals surface area (Å²) >= 11 is 0. The molecule has 0 bridgehead atoms. The average Bonchev–Trinajstić information content (AvgIpc) is 2.81. The van der Waals surface area contributed by atoms with Crippen LogP contribution in [-0.2, 0) is 26.0 Å². The summed E-state index contributed by atoms with van der Waals surface area (Å²) in [4.78, 5) is 11.4. The van der Waals surface area contributed by atoms with Crippen LogP contribution < -0.4 is 10.0 Å². The summed E-state index contributed by atoms with van der Waals surface area (Å²) in [5, 5.41) is 11.2. The third kappa shape index (κ3) is 4.24. The quantitative estimate of drug-likeness (QED) is 0.579. The van der Waals surface area contributed by atoms with E-state index in [0.717, 1.165) is 0 Å². The van der Waals surface area contributed by atoms with Gasteiger partial charge in [-0.05, 0) is 30.2 Å². The molecule has 0 fully saturated rings. The van der Waals surface area contributed by atoms with Crippen LogP contribution in [0, 0.1) is 0 Å². The number of aliphatic hydroxyl groups excluding tert-OH is 1. The number of nitrogens with one attached hydrogen (secondary N) is 2. The van der Waals surface area contributed by atoms with Gasteiger partial charge < -0.3 is 15.2 Å². The summed E-state index contributed by atoms with van der Waals surface area (Å²) in [7, 11) is -3.59. The summed E-state index contributed by atoms with van der Waals surface area (Å²) in [5.74, 6) is -0.131. The van der Waals surface area contributed by atoms with Gasteiger partial charge in [0.05, 0.1) is 24.5 Å². The Labute approximate surface area is 123 Å². The van der Waals surface area contributed by atoms with Crippen molar-refractivity contribution in [1.29, 1.82) is 0 Å². The SMILES string of the molecule is O=C1Cc2cc(S(=O)(=O)NCCCOCCO)ccc2N1. The third-order valence-electron chi connectivity index (χ3n) is 3.01. The Balaban J connectivity index is 1.91. The number of benzene rings is 1. The number of aliphatic hydroxyl groups is 1. The Hall–Kier alpha value is -1.48. The van der Waals surface area contributed by atoms with Gasteiger partial charge in [-0.25, -0.2) is 13.1 Å². The first kappa shape index (κ1) is 15.9. The predicted octanol–water partition coefficient (Wildman–Crippen LogP) is -0.141. The van der Waals surface area contributed by atoms with Crippen LogP contribution in [0.4, 0.5) is 5.69 Å². The summed E-state index contributed by atoms with van der Waals surface area (Å²) in [6.45, 7) is 0.833. The van der Waals surface area contributed by atoms with E-state index in [0.29, 0.717) is 24.3 Å². The molecule has 0 atom stereocenters. The standard InChI is InChI=1S/C13H18N2O5S/c16-5-7-20-6-1-4-14-21(18,19)11-2-3-12-10(8-11)9-13(17)15-12/h2-3,8,14,16H,1,4-7,9H2,(H,15,17). The molecule has 0 unspecified atom stereocenters. The monoisotopic (exact) mass is 314 g/mol. The molecule has 1 aromatic carbocycles. The minimum Gasteiger partial charge on any atom is -0.394 e. The highest BCUT2D eigenvalue weighted by Gasteiger charge is 2.21. The molecule has 0 aliphatic carbocycles. The van der Waals surface area contributed by atoms with E-state index in [1.54, 1.807) is 6.07 Å². The van der Waals surface area contributed by atoms with Crippen LogP contribution in [0.5, 0.6) is 0 Å². The molecule has 0 saturated heterocycles. The van der Waals surface area contributed by atoms with E-state index >= 15 is 0 Å². The van der Waals surface area contributed by atoms with E-state index in [2.05, 4.69) is 10.0 Å². The van der Waals surface area contributed by atoms with Gasteiger partial charge in [0.2, 0.25) is 15.9 Å². The van der Waals surface area contributed by atoms with Crippen molar-refractivity contribution < 1.29 is 23.1 Å². The molecule has 1 aromatic rings. The van der Waals surface area contributed by atoms with Gasteiger partial charge in [-0.1, -0.05) is 0 Å². The second kappa shape index (κ2) is 6.99. The van der Waals surface area contributed by atoms with E-state index < -0.39 is 10.0 Å². The number of hydrogen-bond acceptors (Lipinski definition) is 5. The maximum Gasteiger partial charge on any atom is 0.240 e. The van der Waals surface area contributed by atoms with E-state index in [9.17, 15) is 13.2 Å². The first-order valence-electron chi connectivity index (χ1n) is 6.64. The zero-order valence-corrected chi connectivity index (χ0v) is 12.3. The molecule has 116 valence electrons. The van der Waals surface area contributed by atoms with Gasteiger partial charge in [-0.3, -0.25) is 4.79 Å². The van der Waals surface area contributed by atoms with Crippen LogP contribution in [0.3, 0.4) is 0 Å². The summed E-state index contributed by atoms with van der Waals surface area (Å²) in [6.07, 6.45) is 0.720. The largest absolute Gasteiger partial charge is 0.394 e. The van der Waals surface area contributed by atoms with Crippen molar-refractivity contribution in [3.63, 3.8) is 0 Å². The number of fused-ring (bicyclic) bond motifs is 1. The number of amides is 1. The maximum absolute atomic E-state index is 12.1. The predicted molar refractivity (Wildman–Crippen MR) is 76.5 cm³/mol. The van der Waals surface area contributed by atoms with Crippen LogP contribution in [0.15, 0.2) is 23.1 Å². The molecular weight excluding hydrogens is 296 g/mol. The molecule has 2 rings (SSSR count). The van der Waals surface area contributed by atoms with Gasteiger partial charge in [0.15, 0.2) is 0 Å². The molecule has 0 spiro atoms. The van der Waals surface area contributed by atoms with E-state index in [-0.39, 0.29) is 37.0 Å². The van der Waals surface area contributed by atoms with E-state index in [1.165, 1.54) is 12.1 Å². The van der Waals surface area contributed by atoms with Gasteiger partial charge in [-0.2, -0.15) is 0 Å². The van der Waals surface area contributed by atoms with Crippen LogP contribution in [0.2, 0.25) is 0 Å². The van der Waals surface area contributed by atoms with Crippen LogP contribution in [0.1, 0.15) is 12.0 Å². The summed E-state index contributed by atoms with van der Waals surface area (Å²) in [6, 6.07) is 4.58. The Bertz CT molecular complexity index is 615. The number of anilines is 1. The number of carbonyl (C=O) groups excluding carboxylic acids is 1. The first-order chi connectivity index (χ1) is 10.0. The minimum atomic E-state index is -3.59. The fourth-order valence-electron chi connectivity index (χ4n) is 2.00. The topological polar surface area (TPSA) is 105 Å². The highest BCUT2D eigenvalue weighted by atomic mass is 32.2. The normalized spacial score (nSPS) is 14.0. The van der Waals surface area contributed by atoms with Crippen molar-refractivity contribution in [3.05, 3.63) is 23.8 Å². The van der Waals surface area contributed by atoms with E-state index in [1.807, 2.05) is 0 Å². The molecule has 0 aromatic heterocycles. The van der Waals surface area contributed by atoms with Crippen molar-refractivity contribution in [2.45, 2.75) is 17.7 Å². The Morgan fingerprint density at radius 1 is 1.33 bits per heavy atom. The first-order valence-corrected chi connectivity index (χ1v) is 8.12. The molecule has 1 amide bonds. The summed E-state index contributed by atoms with van der Waals surface area (Å²) in [5.41, 5.74) is 1.35. The van der Waals surface area contributed by atoms with Crippen molar-refractivity contribution >= 4 is 21.6 Å². The van der Waals surface area contributed by atoms with Crippen LogP contribution in [0.25, 0.3) is 0 Å². The minimum absolute atomic E-state index is 0.0480. The number of ether oxygens (including phenoxy) is 1. The van der Waals surface area contributed by atoms with E-state index in [4.69, 9.17) is 9.84 Å². The third-order valence-corrected chi connectivity index (χ3v) is 4.46. The van der Waals surface area contributed by atoms with Crippen LogP contribution in [-0.4, -0.2) is 45.8 Å². The molecular formula is C13H18N2O5S. The molecule has 8 heteroatoms. The lowest BCUT2D eigenvalue weighted by atomic mass is 10.2. The molecule has 7 nitrogen and oxygen atoms in total. The lowest BCUT2D eigenvalue weighted by Crippen LogP contribution is -2.25. The zero-order valence-electron chi connectivity index (χ0n) is 11.5. The highest BCUT2D eigenvalue weighted by Crippen LogP contribution is 2.25. The molecule has 1 aliphatic heterocycles. The molecule has 0 radical (unpaired) electrons. The lowest BCUT2D eigenvalue weighted by Gasteiger charge is -2.08. The Morgan fingerprint density at radius 2 is 2.14 bits per heavy atom. The smallest absolute Gasteiger partial charge is 0.240 e. The molecule has 3 N–H and O–H groups in total. The Morgan fingerprint density at radius 3 is 2.90 bits per heavy atom. The van der Waals surface area contributed by atoms with Gasteiger partial charge in [0, 0.05) is 18.8 Å². The second-order valence-electron chi connectivity index (χ2n) is 4.63. The maximum atomic E-state index is 12.1. The number of hydrogen-bond donors (Lipinski definition) is 3. The van der Waals surface area contributed by atoms with Gasteiger partial charge in [0.1, 0.15) is 0 Å².